The van der Waals surface area contributed by atoms with E-state index >= 15 is 0 Å². The van der Waals surface area contributed by atoms with Crippen LogP contribution in [0.25, 0.3) is 116 Å². The van der Waals surface area contributed by atoms with Crippen molar-refractivity contribution in [3.05, 3.63) is 188 Å². The molecular formula is C52H31N3O2. The molecule has 0 saturated carbocycles. The minimum absolute atomic E-state index is 0.690. The van der Waals surface area contributed by atoms with Crippen molar-refractivity contribution in [1.29, 1.82) is 0 Å². The van der Waals surface area contributed by atoms with Crippen LogP contribution in [-0.4, -0.2) is 14.5 Å². The number of nitrogens with zero attached hydrogens (tertiary/aromatic N) is 3. The average molecular weight is 730 g/mol. The maximum atomic E-state index is 7.10. The van der Waals surface area contributed by atoms with Crippen LogP contribution in [0.5, 0.6) is 0 Å². The van der Waals surface area contributed by atoms with Crippen LogP contribution in [0, 0.1) is 0 Å². The van der Waals surface area contributed by atoms with Crippen LogP contribution in [0.1, 0.15) is 0 Å². The summed E-state index contributed by atoms with van der Waals surface area (Å²) in [5, 5.41) is 6.67. The molecule has 0 radical (unpaired) electrons. The minimum Gasteiger partial charge on any atom is -0.456 e. The normalized spacial score (nSPS) is 11.9. The molecule has 0 amide bonds. The van der Waals surface area contributed by atoms with E-state index in [1.165, 1.54) is 10.8 Å². The Labute approximate surface area is 326 Å². The van der Waals surface area contributed by atoms with E-state index in [1.54, 1.807) is 0 Å². The lowest BCUT2D eigenvalue weighted by Gasteiger charge is -2.11. The van der Waals surface area contributed by atoms with Gasteiger partial charge >= 0.3 is 0 Å². The number of rotatable bonds is 5. The lowest BCUT2D eigenvalue weighted by Crippen LogP contribution is -1.96. The van der Waals surface area contributed by atoms with Gasteiger partial charge in [-0.2, -0.15) is 0 Å². The highest BCUT2D eigenvalue weighted by Gasteiger charge is 2.22. The number of para-hydroxylation sites is 4. The highest BCUT2D eigenvalue weighted by Crippen LogP contribution is 2.44. The van der Waals surface area contributed by atoms with Gasteiger partial charge in [-0.15, -0.1) is 0 Å². The zero-order valence-corrected chi connectivity index (χ0v) is 30.6. The molecule has 266 valence electrons. The predicted octanol–water partition coefficient (Wildman–Crippen LogP) is 14.0. The van der Waals surface area contributed by atoms with Gasteiger partial charge < -0.3 is 13.4 Å². The van der Waals surface area contributed by atoms with E-state index in [0.29, 0.717) is 5.82 Å². The molecule has 57 heavy (non-hydrogen) atoms. The van der Waals surface area contributed by atoms with Crippen molar-refractivity contribution in [1.82, 2.24) is 14.5 Å². The Bertz CT molecular complexity index is 3460. The van der Waals surface area contributed by atoms with E-state index in [4.69, 9.17) is 18.8 Å². The smallest absolute Gasteiger partial charge is 0.160 e. The van der Waals surface area contributed by atoms with E-state index < -0.39 is 0 Å². The number of benzene rings is 8. The van der Waals surface area contributed by atoms with Crippen molar-refractivity contribution in [2.75, 3.05) is 0 Å². The van der Waals surface area contributed by atoms with Gasteiger partial charge in [0.05, 0.1) is 33.5 Å². The second-order valence-electron chi connectivity index (χ2n) is 14.5. The van der Waals surface area contributed by atoms with Gasteiger partial charge in [0.1, 0.15) is 16.7 Å². The van der Waals surface area contributed by atoms with Gasteiger partial charge in [0.15, 0.2) is 11.4 Å². The van der Waals surface area contributed by atoms with Crippen molar-refractivity contribution >= 4 is 65.7 Å². The fourth-order valence-electron chi connectivity index (χ4n) is 8.64. The monoisotopic (exact) mass is 729 g/mol. The number of hydrogen-bond acceptors (Lipinski definition) is 4. The Hall–Kier alpha value is -7.76. The first-order valence-electron chi connectivity index (χ1n) is 19.2. The van der Waals surface area contributed by atoms with Gasteiger partial charge in [0, 0.05) is 49.2 Å². The van der Waals surface area contributed by atoms with Gasteiger partial charge in [-0.25, -0.2) is 9.97 Å². The second kappa shape index (κ2) is 12.4. The van der Waals surface area contributed by atoms with E-state index in [-0.39, 0.29) is 0 Å². The summed E-state index contributed by atoms with van der Waals surface area (Å²) in [7, 11) is 0. The van der Waals surface area contributed by atoms with Crippen molar-refractivity contribution in [2.24, 2.45) is 0 Å². The molecular weight excluding hydrogens is 699 g/mol. The molecule has 5 heteroatoms. The lowest BCUT2D eigenvalue weighted by atomic mass is 9.98. The van der Waals surface area contributed by atoms with Gasteiger partial charge in [-0.3, -0.25) is 0 Å². The number of furan rings is 2. The summed E-state index contributed by atoms with van der Waals surface area (Å²) < 4.78 is 15.9. The van der Waals surface area contributed by atoms with E-state index in [2.05, 4.69) is 144 Å². The zero-order valence-electron chi connectivity index (χ0n) is 30.6. The van der Waals surface area contributed by atoms with E-state index in [9.17, 15) is 0 Å². The Morgan fingerprint density at radius 3 is 1.86 bits per heavy atom. The SMILES string of the molecule is c1ccc(-c2cc(-c3cccc(-c4cccc5c4oc4c(-n6c7ccccc7c7ccc8oc9ccccc9c8c76)cccc45)c3)nc(-c3ccccc3)n2)cc1. The molecule has 0 aliphatic heterocycles. The van der Waals surface area contributed by atoms with Crippen LogP contribution in [-0.2, 0) is 0 Å². The van der Waals surface area contributed by atoms with Crippen LogP contribution in [0.2, 0.25) is 0 Å². The van der Waals surface area contributed by atoms with E-state index in [0.717, 1.165) is 99.8 Å². The molecule has 0 spiro atoms. The lowest BCUT2D eigenvalue weighted by molar-refractivity contribution is 0.667. The summed E-state index contributed by atoms with van der Waals surface area (Å²) in [5.41, 5.74) is 13.4. The van der Waals surface area contributed by atoms with Gasteiger partial charge in [0.2, 0.25) is 0 Å². The molecule has 0 aliphatic carbocycles. The number of hydrogen-bond donors (Lipinski definition) is 0. The van der Waals surface area contributed by atoms with Crippen LogP contribution >= 0.6 is 0 Å². The summed E-state index contributed by atoms with van der Waals surface area (Å²) in [5.74, 6) is 0.690. The van der Waals surface area contributed by atoms with Gasteiger partial charge in [0.25, 0.3) is 0 Å². The quantitative estimate of drug-likeness (QED) is 0.177. The predicted molar refractivity (Wildman–Crippen MR) is 233 cm³/mol. The van der Waals surface area contributed by atoms with Crippen molar-refractivity contribution in [3.63, 3.8) is 0 Å². The van der Waals surface area contributed by atoms with Crippen LogP contribution in [0.3, 0.4) is 0 Å². The molecule has 0 fully saturated rings. The summed E-state index contributed by atoms with van der Waals surface area (Å²) >= 11 is 0. The molecule has 8 aromatic carbocycles. The molecule has 0 atom stereocenters. The first kappa shape index (κ1) is 31.6. The zero-order chi connectivity index (χ0) is 37.5. The third-order valence-corrected chi connectivity index (χ3v) is 11.2. The maximum Gasteiger partial charge on any atom is 0.160 e. The standard InChI is InChI=1S/C52H31N3O2/c1-3-14-32(15-4-1)42-31-43(54-52(53-42)33-16-5-2-6-17-33)35-19-11-18-34(30-35)36-22-12-23-39-40-24-13-26-45(51(40)57-50(36)39)55-44-25-9-7-20-37(44)38-28-29-47-48(49(38)55)41-21-8-10-27-46(41)56-47/h1-31H. The largest absolute Gasteiger partial charge is 0.456 e. The molecule has 5 nitrogen and oxygen atoms in total. The highest BCUT2D eigenvalue weighted by molar-refractivity contribution is 6.25. The molecule has 12 rings (SSSR count). The van der Waals surface area contributed by atoms with Crippen molar-refractivity contribution in [3.8, 4) is 50.7 Å². The van der Waals surface area contributed by atoms with Gasteiger partial charge in [-0.05, 0) is 48.0 Å². The Kier molecular flexibility index (Phi) is 6.86. The maximum absolute atomic E-state index is 7.10. The second-order valence-corrected chi connectivity index (χ2v) is 14.5. The third-order valence-electron chi connectivity index (χ3n) is 11.2. The first-order chi connectivity index (χ1) is 28.3. The fraction of sp³-hybridized carbons (Fsp3) is 0. The Balaban J connectivity index is 1.06. The average Bonchev–Trinajstić information content (AvgIpc) is 3.97. The highest BCUT2D eigenvalue weighted by atomic mass is 16.3. The number of aromatic nitrogens is 3. The van der Waals surface area contributed by atoms with Crippen molar-refractivity contribution in [2.45, 2.75) is 0 Å². The molecule has 0 N–H and O–H groups in total. The van der Waals surface area contributed by atoms with Crippen LogP contribution < -0.4 is 0 Å². The molecule has 4 heterocycles. The fourth-order valence-corrected chi connectivity index (χ4v) is 8.64. The van der Waals surface area contributed by atoms with Crippen molar-refractivity contribution < 1.29 is 8.83 Å². The topological polar surface area (TPSA) is 57.0 Å². The molecule has 4 aromatic heterocycles. The first-order valence-corrected chi connectivity index (χ1v) is 19.2. The summed E-state index contributed by atoms with van der Waals surface area (Å²) in [6.07, 6.45) is 0. The summed E-state index contributed by atoms with van der Waals surface area (Å²) in [6, 6.07) is 65.2. The molecule has 0 unspecified atom stereocenters. The van der Waals surface area contributed by atoms with Gasteiger partial charge in [-0.1, -0.05) is 146 Å². The molecule has 0 bridgehead atoms. The minimum atomic E-state index is 0.690. The Morgan fingerprint density at radius 1 is 0.386 bits per heavy atom. The molecule has 0 aliphatic rings. The Morgan fingerprint density at radius 2 is 1.02 bits per heavy atom. The van der Waals surface area contributed by atoms with E-state index in [1.807, 2.05) is 48.5 Å². The number of fused-ring (bicyclic) bond motifs is 10. The molecule has 0 saturated heterocycles. The summed E-state index contributed by atoms with van der Waals surface area (Å²) in [6.45, 7) is 0. The third kappa shape index (κ3) is 4.89. The molecule has 12 aromatic rings. The summed E-state index contributed by atoms with van der Waals surface area (Å²) in [4.78, 5) is 10.1. The van der Waals surface area contributed by atoms with Crippen LogP contribution in [0.4, 0.5) is 0 Å². The van der Waals surface area contributed by atoms with Crippen LogP contribution in [0.15, 0.2) is 197 Å².